The van der Waals surface area contributed by atoms with Crippen LogP contribution in [-0.2, 0) is 4.79 Å². The van der Waals surface area contributed by atoms with Crippen molar-refractivity contribution in [1.82, 2.24) is 5.32 Å². The van der Waals surface area contributed by atoms with Crippen LogP contribution in [0.15, 0.2) is 0 Å². The van der Waals surface area contributed by atoms with E-state index in [0.29, 0.717) is 12.3 Å². The average Bonchev–Trinajstić information content (AvgIpc) is 2.79. The molecule has 0 unspecified atom stereocenters. The quantitative estimate of drug-likeness (QED) is 0.791. The van der Waals surface area contributed by atoms with E-state index in [1.807, 2.05) is 0 Å². The van der Waals surface area contributed by atoms with Gasteiger partial charge >= 0.3 is 0 Å². The maximum absolute atomic E-state index is 12.0. The van der Waals surface area contributed by atoms with Crippen LogP contribution in [0.25, 0.3) is 0 Å². The normalized spacial score (nSPS) is 24.8. The Morgan fingerprint density at radius 2 is 1.76 bits per heavy atom. The van der Waals surface area contributed by atoms with Crippen molar-refractivity contribution in [3.8, 4) is 0 Å². The van der Waals surface area contributed by atoms with E-state index in [0.717, 1.165) is 25.7 Å². The predicted octanol–water partition coefficient (Wildman–Crippen LogP) is 2.38. The zero-order valence-corrected chi connectivity index (χ0v) is 10.7. The van der Waals surface area contributed by atoms with Crippen LogP contribution >= 0.6 is 0 Å². The van der Waals surface area contributed by atoms with Crippen molar-refractivity contribution < 1.29 is 9.90 Å². The van der Waals surface area contributed by atoms with Crippen LogP contribution in [0.1, 0.15) is 64.2 Å². The van der Waals surface area contributed by atoms with Crippen molar-refractivity contribution in [3.05, 3.63) is 0 Å². The Morgan fingerprint density at radius 1 is 1.12 bits per heavy atom. The zero-order valence-electron chi connectivity index (χ0n) is 10.7. The second-order valence-electron chi connectivity index (χ2n) is 5.90. The van der Waals surface area contributed by atoms with Gasteiger partial charge in [0.15, 0.2) is 0 Å². The first kappa shape index (κ1) is 12.9. The fourth-order valence-corrected chi connectivity index (χ4v) is 3.37. The van der Waals surface area contributed by atoms with Gasteiger partial charge in [-0.05, 0) is 31.6 Å². The van der Waals surface area contributed by atoms with Crippen LogP contribution in [0, 0.1) is 5.92 Å². The summed E-state index contributed by atoms with van der Waals surface area (Å²) in [4.78, 5) is 12.0. The molecule has 0 aliphatic heterocycles. The van der Waals surface area contributed by atoms with Gasteiger partial charge in [-0.1, -0.05) is 32.1 Å². The Morgan fingerprint density at radius 3 is 2.35 bits per heavy atom. The molecule has 2 N–H and O–H groups in total. The first-order valence-corrected chi connectivity index (χ1v) is 7.16. The number of aliphatic hydroxyl groups excluding tert-OH is 1. The van der Waals surface area contributed by atoms with Gasteiger partial charge in [0.25, 0.3) is 0 Å². The first-order chi connectivity index (χ1) is 8.24. The number of amides is 1. The van der Waals surface area contributed by atoms with Crippen LogP contribution in [0.5, 0.6) is 0 Å². The van der Waals surface area contributed by atoms with E-state index in [4.69, 9.17) is 0 Å². The van der Waals surface area contributed by atoms with Gasteiger partial charge in [0.2, 0.25) is 5.91 Å². The van der Waals surface area contributed by atoms with Gasteiger partial charge in [0, 0.05) is 6.42 Å². The molecule has 0 spiro atoms. The lowest BCUT2D eigenvalue weighted by atomic mass is 9.86. The third-order valence-corrected chi connectivity index (χ3v) is 4.47. The summed E-state index contributed by atoms with van der Waals surface area (Å²) < 4.78 is 0. The van der Waals surface area contributed by atoms with Crippen molar-refractivity contribution in [2.75, 3.05) is 6.61 Å². The van der Waals surface area contributed by atoms with Gasteiger partial charge < -0.3 is 10.4 Å². The number of nitrogens with one attached hydrogen (secondary N) is 1. The summed E-state index contributed by atoms with van der Waals surface area (Å²) in [6, 6.07) is 0. The van der Waals surface area contributed by atoms with Crippen molar-refractivity contribution in [2.24, 2.45) is 5.92 Å². The van der Waals surface area contributed by atoms with Gasteiger partial charge in [-0.2, -0.15) is 0 Å². The summed E-state index contributed by atoms with van der Waals surface area (Å²) in [5, 5.41) is 12.6. The summed E-state index contributed by atoms with van der Waals surface area (Å²) >= 11 is 0. The lowest BCUT2D eigenvalue weighted by Gasteiger charge is -2.29. The van der Waals surface area contributed by atoms with E-state index in [-0.39, 0.29) is 18.1 Å². The number of carbonyl (C=O) groups is 1. The summed E-state index contributed by atoms with van der Waals surface area (Å²) in [6.45, 7) is 0.101. The lowest BCUT2D eigenvalue weighted by Crippen LogP contribution is -2.49. The van der Waals surface area contributed by atoms with Crippen LogP contribution in [-0.4, -0.2) is 23.2 Å². The minimum atomic E-state index is -0.286. The number of hydrogen-bond acceptors (Lipinski definition) is 2. The Bertz CT molecular complexity index is 253. The molecular formula is C14H25NO2. The minimum absolute atomic E-state index is 0.101. The van der Waals surface area contributed by atoms with E-state index >= 15 is 0 Å². The Labute approximate surface area is 104 Å². The SMILES string of the molecule is O=C(CC1CCCCC1)NC1(CO)CCCC1. The topological polar surface area (TPSA) is 49.3 Å². The smallest absolute Gasteiger partial charge is 0.220 e. The fourth-order valence-electron chi connectivity index (χ4n) is 3.37. The van der Waals surface area contributed by atoms with Crippen LogP contribution in [0.3, 0.4) is 0 Å². The van der Waals surface area contributed by atoms with Crippen molar-refractivity contribution >= 4 is 5.91 Å². The number of aliphatic hydroxyl groups is 1. The minimum Gasteiger partial charge on any atom is -0.394 e. The second kappa shape index (κ2) is 5.85. The molecule has 0 saturated heterocycles. The number of carbonyl (C=O) groups excluding carboxylic acids is 1. The molecule has 0 aromatic heterocycles. The highest BCUT2D eigenvalue weighted by molar-refractivity contribution is 5.77. The molecule has 0 radical (unpaired) electrons. The molecule has 2 rings (SSSR count). The standard InChI is InChI=1S/C14H25NO2/c16-11-14(8-4-5-9-14)15-13(17)10-12-6-2-1-3-7-12/h12,16H,1-11H2,(H,15,17). The largest absolute Gasteiger partial charge is 0.394 e. The highest BCUT2D eigenvalue weighted by Crippen LogP contribution is 2.30. The van der Waals surface area contributed by atoms with E-state index < -0.39 is 0 Å². The predicted molar refractivity (Wildman–Crippen MR) is 67.6 cm³/mol. The Balaban J connectivity index is 1.79. The summed E-state index contributed by atoms with van der Waals surface area (Å²) in [5.74, 6) is 0.744. The molecule has 0 heterocycles. The van der Waals surface area contributed by atoms with Crippen LogP contribution in [0.4, 0.5) is 0 Å². The number of hydrogen-bond donors (Lipinski definition) is 2. The maximum atomic E-state index is 12.0. The molecule has 3 nitrogen and oxygen atoms in total. The molecule has 1 amide bonds. The van der Waals surface area contributed by atoms with Gasteiger partial charge in [-0.3, -0.25) is 4.79 Å². The van der Waals surface area contributed by atoms with E-state index in [2.05, 4.69) is 5.32 Å². The maximum Gasteiger partial charge on any atom is 0.220 e. The second-order valence-corrected chi connectivity index (χ2v) is 5.90. The summed E-state index contributed by atoms with van der Waals surface area (Å²) in [6.07, 6.45) is 11.1. The van der Waals surface area contributed by atoms with E-state index in [1.54, 1.807) is 0 Å². The molecule has 0 aromatic rings. The zero-order chi connectivity index (χ0) is 12.1. The van der Waals surface area contributed by atoms with Gasteiger partial charge in [-0.15, -0.1) is 0 Å². The lowest BCUT2D eigenvalue weighted by molar-refractivity contribution is -0.124. The Hall–Kier alpha value is -0.570. The summed E-state index contributed by atoms with van der Waals surface area (Å²) in [5.41, 5.74) is -0.286. The number of rotatable bonds is 4. The van der Waals surface area contributed by atoms with E-state index in [1.165, 1.54) is 32.1 Å². The average molecular weight is 239 g/mol. The molecular weight excluding hydrogens is 214 g/mol. The molecule has 0 atom stereocenters. The van der Waals surface area contributed by atoms with Crippen LogP contribution < -0.4 is 5.32 Å². The molecule has 17 heavy (non-hydrogen) atoms. The highest BCUT2D eigenvalue weighted by atomic mass is 16.3. The molecule has 2 saturated carbocycles. The molecule has 2 aliphatic carbocycles. The first-order valence-electron chi connectivity index (χ1n) is 7.16. The molecule has 0 bridgehead atoms. The summed E-state index contributed by atoms with van der Waals surface area (Å²) in [7, 11) is 0. The van der Waals surface area contributed by atoms with E-state index in [9.17, 15) is 9.90 Å². The molecule has 3 heteroatoms. The molecule has 98 valence electrons. The van der Waals surface area contributed by atoms with Crippen LogP contribution in [0.2, 0.25) is 0 Å². The Kier molecular flexibility index (Phi) is 4.43. The third-order valence-electron chi connectivity index (χ3n) is 4.47. The van der Waals surface area contributed by atoms with Crippen molar-refractivity contribution in [3.63, 3.8) is 0 Å². The monoisotopic (exact) mass is 239 g/mol. The van der Waals surface area contributed by atoms with Gasteiger partial charge in [0.05, 0.1) is 12.1 Å². The molecule has 2 fully saturated rings. The fraction of sp³-hybridized carbons (Fsp3) is 0.929. The third kappa shape index (κ3) is 3.44. The molecule has 2 aliphatic rings. The van der Waals surface area contributed by atoms with Gasteiger partial charge in [0.1, 0.15) is 0 Å². The van der Waals surface area contributed by atoms with Crippen molar-refractivity contribution in [2.45, 2.75) is 69.7 Å². The highest BCUT2D eigenvalue weighted by Gasteiger charge is 2.34. The van der Waals surface area contributed by atoms with Crippen molar-refractivity contribution in [1.29, 1.82) is 0 Å². The van der Waals surface area contributed by atoms with Gasteiger partial charge in [-0.25, -0.2) is 0 Å². The molecule has 0 aromatic carbocycles.